The van der Waals surface area contributed by atoms with Crippen LogP contribution >= 0.6 is 0 Å². The molecule has 0 heterocycles. The van der Waals surface area contributed by atoms with Crippen molar-refractivity contribution in [3.05, 3.63) is 42.5 Å². The van der Waals surface area contributed by atoms with Crippen LogP contribution in [0, 0.1) is 0 Å². The Labute approximate surface area is 121 Å². The van der Waals surface area contributed by atoms with Gasteiger partial charge in [0.25, 0.3) is 0 Å². The molecule has 1 atom stereocenters. The number of aliphatic carboxylic acids is 1. The van der Waals surface area contributed by atoms with E-state index in [-0.39, 0.29) is 6.61 Å². The number of benzene rings is 2. The normalized spacial score (nSPS) is 11.9. The van der Waals surface area contributed by atoms with Crippen molar-refractivity contribution in [3.63, 3.8) is 0 Å². The monoisotopic (exact) mass is 288 g/mol. The quantitative estimate of drug-likeness (QED) is 0.786. The second-order valence-electron chi connectivity index (χ2n) is 4.51. The number of carboxylic acid groups (broad SMARTS) is 1. The molecule has 0 radical (unpaired) electrons. The van der Waals surface area contributed by atoms with Gasteiger partial charge in [-0.15, -0.1) is 0 Å². The number of carbonyl (C=O) groups is 2. The molecular weight excluding hydrogens is 272 g/mol. The van der Waals surface area contributed by atoms with E-state index in [0.29, 0.717) is 5.69 Å². The van der Waals surface area contributed by atoms with Gasteiger partial charge in [-0.1, -0.05) is 30.3 Å². The Morgan fingerprint density at radius 1 is 1.19 bits per heavy atom. The van der Waals surface area contributed by atoms with E-state index in [1.165, 1.54) is 7.11 Å². The highest BCUT2D eigenvalue weighted by atomic mass is 16.5. The lowest BCUT2D eigenvalue weighted by molar-refractivity contribution is -0.140. The van der Waals surface area contributed by atoms with Crippen LogP contribution in [0.25, 0.3) is 10.8 Å². The van der Waals surface area contributed by atoms with E-state index in [9.17, 15) is 9.59 Å². The van der Waals surface area contributed by atoms with Gasteiger partial charge in [-0.3, -0.25) is 0 Å². The summed E-state index contributed by atoms with van der Waals surface area (Å²) in [4.78, 5) is 22.7. The molecule has 3 N–H and O–H groups in total. The van der Waals surface area contributed by atoms with Crippen molar-refractivity contribution in [2.75, 3.05) is 19.0 Å². The number of carbonyl (C=O) groups excluding carboxylic acids is 1. The lowest BCUT2D eigenvalue weighted by Gasteiger charge is -2.14. The highest BCUT2D eigenvalue weighted by Gasteiger charge is 2.19. The van der Waals surface area contributed by atoms with E-state index >= 15 is 0 Å². The van der Waals surface area contributed by atoms with Crippen molar-refractivity contribution in [3.8, 4) is 0 Å². The number of hydrogen-bond acceptors (Lipinski definition) is 3. The van der Waals surface area contributed by atoms with Crippen LogP contribution in [0.3, 0.4) is 0 Å². The van der Waals surface area contributed by atoms with Crippen molar-refractivity contribution < 1.29 is 19.4 Å². The van der Waals surface area contributed by atoms with Crippen LogP contribution < -0.4 is 10.6 Å². The standard InChI is InChI=1S/C15H16N2O4/c1-21-9-13(14(18)19)17-15(20)16-12-7-6-10-4-2-3-5-11(10)8-12/h2-8,13H,9H2,1H3,(H,18,19)(H2,16,17,20). The van der Waals surface area contributed by atoms with E-state index in [1.54, 1.807) is 6.07 Å². The number of carboxylic acids is 1. The topological polar surface area (TPSA) is 87.7 Å². The molecule has 6 nitrogen and oxygen atoms in total. The fourth-order valence-corrected chi connectivity index (χ4v) is 1.93. The summed E-state index contributed by atoms with van der Waals surface area (Å²) in [6.07, 6.45) is 0. The number of rotatable bonds is 5. The largest absolute Gasteiger partial charge is 0.480 e. The zero-order chi connectivity index (χ0) is 15.2. The van der Waals surface area contributed by atoms with Crippen LogP contribution in [0.5, 0.6) is 0 Å². The number of ether oxygens (including phenoxy) is 1. The lowest BCUT2D eigenvalue weighted by Crippen LogP contribution is -2.45. The van der Waals surface area contributed by atoms with Crippen LogP contribution in [0.1, 0.15) is 0 Å². The summed E-state index contributed by atoms with van der Waals surface area (Å²) in [6, 6.07) is 11.5. The predicted octanol–water partition coefficient (Wildman–Crippen LogP) is 2.06. The number of nitrogens with one attached hydrogen (secondary N) is 2. The number of anilines is 1. The average Bonchev–Trinajstić information content (AvgIpc) is 2.46. The minimum absolute atomic E-state index is 0.0968. The minimum Gasteiger partial charge on any atom is -0.480 e. The Kier molecular flexibility index (Phi) is 4.73. The molecule has 2 rings (SSSR count). The zero-order valence-electron chi connectivity index (χ0n) is 11.5. The van der Waals surface area contributed by atoms with Gasteiger partial charge in [-0.25, -0.2) is 9.59 Å². The molecule has 0 fully saturated rings. The summed E-state index contributed by atoms with van der Waals surface area (Å²) in [5, 5.41) is 15.9. The summed E-state index contributed by atoms with van der Waals surface area (Å²) in [5.74, 6) is -1.15. The summed E-state index contributed by atoms with van der Waals surface area (Å²) >= 11 is 0. The SMILES string of the molecule is COCC(NC(=O)Nc1ccc2ccccc2c1)C(=O)O. The summed E-state index contributed by atoms with van der Waals surface area (Å²) in [5.41, 5.74) is 0.591. The Morgan fingerprint density at radius 2 is 1.90 bits per heavy atom. The van der Waals surface area contributed by atoms with Crippen LogP contribution in [-0.2, 0) is 9.53 Å². The number of fused-ring (bicyclic) bond motifs is 1. The van der Waals surface area contributed by atoms with Gasteiger partial charge < -0.3 is 20.5 Å². The van der Waals surface area contributed by atoms with Crippen molar-refractivity contribution in [2.45, 2.75) is 6.04 Å². The van der Waals surface area contributed by atoms with Crippen LogP contribution in [-0.4, -0.2) is 36.9 Å². The average molecular weight is 288 g/mol. The van der Waals surface area contributed by atoms with Crippen molar-refractivity contribution in [1.29, 1.82) is 0 Å². The number of amides is 2. The van der Waals surface area contributed by atoms with Gasteiger partial charge in [0, 0.05) is 12.8 Å². The Hall–Kier alpha value is -2.60. The number of urea groups is 1. The molecule has 21 heavy (non-hydrogen) atoms. The fourth-order valence-electron chi connectivity index (χ4n) is 1.93. The Balaban J connectivity index is 2.05. The summed E-state index contributed by atoms with van der Waals surface area (Å²) < 4.78 is 4.75. The molecule has 0 spiro atoms. The molecule has 0 aliphatic rings. The van der Waals surface area contributed by atoms with E-state index in [0.717, 1.165) is 10.8 Å². The third kappa shape index (κ3) is 3.93. The molecule has 0 saturated carbocycles. The van der Waals surface area contributed by atoms with Gasteiger partial charge in [0.15, 0.2) is 6.04 Å². The van der Waals surface area contributed by atoms with Gasteiger partial charge in [0.05, 0.1) is 6.61 Å². The smallest absolute Gasteiger partial charge is 0.328 e. The molecule has 0 aliphatic carbocycles. The maximum Gasteiger partial charge on any atom is 0.328 e. The van der Waals surface area contributed by atoms with Crippen molar-refractivity contribution >= 4 is 28.5 Å². The third-order valence-electron chi connectivity index (χ3n) is 2.94. The molecule has 2 amide bonds. The Bertz CT molecular complexity index is 657. The number of hydrogen-bond donors (Lipinski definition) is 3. The number of methoxy groups -OCH3 is 1. The van der Waals surface area contributed by atoms with Crippen LogP contribution in [0.4, 0.5) is 10.5 Å². The second-order valence-corrected chi connectivity index (χ2v) is 4.51. The van der Waals surface area contributed by atoms with Gasteiger partial charge >= 0.3 is 12.0 Å². The zero-order valence-corrected chi connectivity index (χ0v) is 11.5. The van der Waals surface area contributed by atoms with Gasteiger partial charge in [-0.05, 0) is 22.9 Å². The first-order valence-corrected chi connectivity index (χ1v) is 6.38. The molecule has 2 aromatic rings. The first-order valence-electron chi connectivity index (χ1n) is 6.38. The van der Waals surface area contributed by atoms with E-state index in [4.69, 9.17) is 9.84 Å². The minimum atomic E-state index is -1.15. The molecule has 0 aliphatic heterocycles. The van der Waals surface area contributed by atoms with E-state index < -0.39 is 18.0 Å². The first kappa shape index (κ1) is 14.8. The van der Waals surface area contributed by atoms with Crippen LogP contribution in [0.15, 0.2) is 42.5 Å². The van der Waals surface area contributed by atoms with Crippen LogP contribution in [0.2, 0.25) is 0 Å². The maximum absolute atomic E-state index is 11.8. The summed E-state index contributed by atoms with van der Waals surface area (Å²) in [7, 11) is 1.37. The molecule has 0 aromatic heterocycles. The molecule has 6 heteroatoms. The molecule has 1 unspecified atom stereocenters. The summed E-state index contributed by atoms with van der Waals surface area (Å²) in [6.45, 7) is -0.0968. The first-order chi connectivity index (χ1) is 10.1. The highest BCUT2D eigenvalue weighted by molar-refractivity contribution is 5.95. The molecule has 0 bridgehead atoms. The second kappa shape index (κ2) is 6.71. The third-order valence-corrected chi connectivity index (χ3v) is 2.94. The lowest BCUT2D eigenvalue weighted by atomic mass is 10.1. The van der Waals surface area contributed by atoms with Gasteiger partial charge in [0.2, 0.25) is 0 Å². The highest BCUT2D eigenvalue weighted by Crippen LogP contribution is 2.18. The molecule has 2 aromatic carbocycles. The molecular formula is C15H16N2O4. The van der Waals surface area contributed by atoms with E-state index in [2.05, 4.69) is 10.6 Å². The molecule has 110 valence electrons. The van der Waals surface area contributed by atoms with Crippen molar-refractivity contribution in [2.24, 2.45) is 0 Å². The predicted molar refractivity (Wildman–Crippen MR) is 79.4 cm³/mol. The molecule has 0 saturated heterocycles. The van der Waals surface area contributed by atoms with Gasteiger partial charge in [-0.2, -0.15) is 0 Å². The fraction of sp³-hybridized carbons (Fsp3) is 0.200. The maximum atomic E-state index is 11.8. The van der Waals surface area contributed by atoms with E-state index in [1.807, 2.05) is 36.4 Å². The van der Waals surface area contributed by atoms with Crippen molar-refractivity contribution in [1.82, 2.24) is 5.32 Å². The Morgan fingerprint density at radius 3 is 2.57 bits per heavy atom. The van der Waals surface area contributed by atoms with Gasteiger partial charge in [0.1, 0.15) is 0 Å².